The number of carbonyl (C=O) groups is 3. The van der Waals surface area contributed by atoms with Gasteiger partial charge >= 0.3 is 5.97 Å². The molecular formula is C37H59FN2O8. The van der Waals surface area contributed by atoms with Gasteiger partial charge in [0.2, 0.25) is 11.8 Å². The van der Waals surface area contributed by atoms with E-state index in [4.69, 9.17) is 19.9 Å². The van der Waals surface area contributed by atoms with Crippen LogP contribution in [0.25, 0.3) is 0 Å². The highest BCUT2D eigenvalue weighted by Gasteiger charge is 2.47. The van der Waals surface area contributed by atoms with Crippen LogP contribution in [-0.4, -0.2) is 71.9 Å². The number of benzene rings is 1. The minimum atomic E-state index is -2.71. The standard InChI is InChI=1S/C37H59FN2O8/c1-3-5-7-11-14-21-36(47-26-27-48-36)22-15-12-9-8-10-13-16-31(37(45,23-24-38)35(43)44)34(42)40-32(33(39)41)28-29-17-19-30(20-18-29)46-25-6-4-2/h13,16-20,31-32,45H,3-12,14-15,21-28H2,1-2H3,(H2,39,41)(H,40,42)(H,43,44)/b16-13+/t31-,32+,37+/m1/s1. The number of nitrogens with one attached hydrogen (secondary N) is 1. The fourth-order valence-electron chi connectivity index (χ4n) is 5.93. The van der Waals surface area contributed by atoms with E-state index >= 15 is 0 Å². The average Bonchev–Trinajstić information content (AvgIpc) is 3.53. The predicted molar refractivity (Wildman–Crippen MR) is 183 cm³/mol. The molecule has 48 heavy (non-hydrogen) atoms. The maximum Gasteiger partial charge on any atom is 0.336 e. The van der Waals surface area contributed by atoms with Crippen molar-refractivity contribution in [2.24, 2.45) is 11.7 Å². The average molecular weight is 679 g/mol. The van der Waals surface area contributed by atoms with Gasteiger partial charge in [0.1, 0.15) is 11.8 Å². The van der Waals surface area contributed by atoms with Gasteiger partial charge in [-0.15, -0.1) is 0 Å². The van der Waals surface area contributed by atoms with Crippen molar-refractivity contribution >= 4 is 17.8 Å². The smallest absolute Gasteiger partial charge is 0.336 e. The Balaban J connectivity index is 1.95. The zero-order chi connectivity index (χ0) is 35.3. The van der Waals surface area contributed by atoms with E-state index in [1.165, 1.54) is 31.8 Å². The van der Waals surface area contributed by atoms with Gasteiger partial charge in [0.25, 0.3) is 0 Å². The number of hydrogen-bond acceptors (Lipinski definition) is 7. The summed E-state index contributed by atoms with van der Waals surface area (Å²) in [4.78, 5) is 37.8. The van der Waals surface area contributed by atoms with Crippen LogP contribution in [0.3, 0.4) is 0 Å². The van der Waals surface area contributed by atoms with Crippen molar-refractivity contribution in [2.75, 3.05) is 26.5 Å². The van der Waals surface area contributed by atoms with Crippen molar-refractivity contribution in [1.82, 2.24) is 5.32 Å². The molecule has 0 bridgehead atoms. The van der Waals surface area contributed by atoms with Crippen LogP contribution in [0, 0.1) is 5.92 Å². The molecule has 3 atom stereocenters. The highest BCUT2D eigenvalue weighted by Crippen LogP contribution is 2.32. The summed E-state index contributed by atoms with van der Waals surface area (Å²) in [6, 6.07) is 5.82. The summed E-state index contributed by atoms with van der Waals surface area (Å²) in [6.07, 6.45) is 15.9. The Hall–Kier alpha value is -3.02. The van der Waals surface area contributed by atoms with Crippen LogP contribution in [0.1, 0.15) is 116 Å². The summed E-state index contributed by atoms with van der Waals surface area (Å²) in [6.45, 7) is 4.95. The first-order valence-electron chi connectivity index (χ1n) is 17.9. The Labute approximate surface area is 286 Å². The van der Waals surface area contributed by atoms with Gasteiger partial charge < -0.3 is 35.5 Å². The Morgan fingerprint density at radius 1 is 0.979 bits per heavy atom. The molecule has 0 spiro atoms. The van der Waals surface area contributed by atoms with Crippen molar-refractivity contribution in [3.63, 3.8) is 0 Å². The summed E-state index contributed by atoms with van der Waals surface area (Å²) in [7, 11) is 0. The van der Waals surface area contributed by atoms with Crippen molar-refractivity contribution < 1.29 is 43.2 Å². The molecule has 0 saturated carbocycles. The summed E-state index contributed by atoms with van der Waals surface area (Å²) in [5, 5.41) is 23.3. The Morgan fingerprint density at radius 2 is 1.58 bits per heavy atom. The highest BCUT2D eigenvalue weighted by molar-refractivity contribution is 5.93. The second-order valence-corrected chi connectivity index (χ2v) is 12.8. The lowest BCUT2D eigenvalue weighted by atomic mass is 9.83. The lowest BCUT2D eigenvalue weighted by molar-refractivity contribution is -0.168. The third-order valence-corrected chi connectivity index (χ3v) is 8.91. The van der Waals surface area contributed by atoms with Gasteiger partial charge in [-0.2, -0.15) is 0 Å². The van der Waals surface area contributed by atoms with Crippen molar-refractivity contribution in [3.05, 3.63) is 42.0 Å². The first-order valence-corrected chi connectivity index (χ1v) is 17.9. The third kappa shape index (κ3) is 14.2. The lowest BCUT2D eigenvalue weighted by Gasteiger charge is -2.30. The van der Waals surface area contributed by atoms with E-state index in [0.29, 0.717) is 37.6 Å². The second kappa shape index (κ2) is 22.6. The monoisotopic (exact) mass is 678 g/mol. The fraction of sp³-hybridized carbons (Fsp3) is 0.703. The molecule has 0 unspecified atom stereocenters. The minimum absolute atomic E-state index is 0.0393. The SMILES string of the molecule is CCCCCCCC1(CCCCCC/C=C/[C@H](C(=O)N[C@@H](Cc2ccc(OCCCC)cc2)C(N)=O)[C@@](O)(CCF)C(=O)O)OCCO1. The van der Waals surface area contributed by atoms with Crippen LogP contribution in [-0.2, 0) is 30.3 Å². The highest BCUT2D eigenvalue weighted by atomic mass is 19.1. The first-order chi connectivity index (χ1) is 23.1. The maximum absolute atomic E-state index is 13.4. The second-order valence-electron chi connectivity index (χ2n) is 12.8. The molecule has 0 radical (unpaired) electrons. The van der Waals surface area contributed by atoms with Crippen LogP contribution >= 0.6 is 0 Å². The molecular weight excluding hydrogens is 619 g/mol. The number of nitrogens with two attached hydrogens (primary N) is 1. The summed E-state index contributed by atoms with van der Waals surface area (Å²) >= 11 is 0. The van der Waals surface area contributed by atoms with E-state index in [-0.39, 0.29) is 6.42 Å². The van der Waals surface area contributed by atoms with Crippen LogP contribution in [0.2, 0.25) is 0 Å². The van der Waals surface area contributed by atoms with E-state index in [2.05, 4.69) is 19.2 Å². The lowest BCUT2D eigenvalue weighted by Crippen LogP contribution is -2.55. The van der Waals surface area contributed by atoms with Gasteiger partial charge in [-0.25, -0.2) is 4.79 Å². The number of halogens is 1. The zero-order valence-electron chi connectivity index (χ0n) is 29.1. The quantitative estimate of drug-likeness (QED) is 0.0636. The van der Waals surface area contributed by atoms with Crippen LogP contribution in [0.5, 0.6) is 5.75 Å². The van der Waals surface area contributed by atoms with Gasteiger partial charge in [-0.05, 0) is 49.8 Å². The van der Waals surface area contributed by atoms with Crippen LogP contribution in [0.4, 0.5) is 4.39 Å². The Kier molecular flexibility index (Phi) is 19.4. The molecule has 272 valence electrons. The van der Waals surface area contributed by atoms with Gasteiger partial charge in [-0.3, -0.25) is 14.0 Å². The molecule has 0 aliphatic carbocycles. The van der Waals surface area contributed by atoms with E-state index in [1.807, 2.05) is 0 Å². The normalized spacial score (nSPS) is 16.8. The molecule has 1 saturated heterocycles. The molecule has 1 heterocycles. The van der Waals surface area contributed by atoms with E-state index in [1.54, 1.807) is 30.3 Å². The van der Waals surface area contributed by atoms with Gasteiger partial charge in [0.05, 0.1) is 32.4 Å². The number of aliphatic hydroxyl groups is 1. The number of ether oxygens (including phenoxy) is 3. The Morgan fingerprint density at radius 3 is 2.15 bits per heavy atom. The number of carboxylic acid groups (broad SMARTS) is 1. The molecule has 11 heteroatoms. The van der Waals surface area contributed by atoms with Gasteiger partial charge in [0, 0.05) is 25.7 Å². The number of carbonyl (C=O) groups excluding carboxylic acids is 2. The largest absolute Gasteiger partial charge is 0.494 e. The molecule has 1 aliphatic rings. The maximum atomic E-state index is 13.4. The molecule has 2 amide bonds. The number of unbranched alkanes of at least 4 members (excludes halogenated alkanes) is 9. The predicted octanol–water partition coefficient (Wildman–Crippen LogP) is 6.17. The number of allylic oxidation sites excluding steroid dienone is 1. The molecule has 10 nitrogen and oxygen atoms in total. The zero-order valence-corrected chi connectivity index (χ0v) is 29.1. The molecule has 1 fully saturated rings. The summed E-state index contributed by atoms with van der Waals surface area (Å²) < 4.78 is 31.1. The Bertz CT molecular complexity index is 1110. The number of amides is 2. The minimum Gasteiger partial charge on any atom is -0.494 e. The number of hydrogen-bond donors (Lipinski definition) is 4. The number of carboxylic acids is 1. The molecule has 5 N–H and O–H groups in total. The first kappa shape index (κ1) is 41.2. The topological polar surface area (TPSA) is 157 Å². The van der Waals surface area contributed by atoms with Crippen LogP contribution < -0.4 is 15.8 Å². The number of alkyl halides is 1. The molecule has 0 aromatic heterocycles. The van der Waals surface area contributed by atoms with Gasteiger partial charge in [0.15, 0.2) is 11.4 Å². The summed E-state index contributed by atoms with van der Waals surface area (Å²) in [5.74, 6) is -4.93. The van der Waals surface area contributed by atoms with E-state index in [0.717, 1.165) is 57.8 Å². The number of primary amides is 1. The number of aliphatic carboxylic acids is 1. The number of rotatable bonds is 27. The van der Waals surface area contributed by atoms with E-state index in [9.17, 15) is 29.0 Å². The summed E-state index contributed by atoms with van der Waals surface area (Å²) in [5.41, 5.74) is 3.57. The molecule has 1 aliphatic heterocycles. The van der Waals surface area contributed by atoms with Gasteiger partial charge in [-0.1, -0.05) is 83.1 Å². The third-order valence-electron chi connectivity index (χ3n) is 8.91. The van der Waals surface area contributed by atoms with E-state index < -0.39 is 54.2 Å². The van der Waals surface area contributed by atoms with Crippen molar-refractivity contribution in [2.45, 2.75) is 134 Å². The molecule has 1 aromatic carbocycles. The molecule has 1 aromatic rings. The van der Waals surface area contributed by atoms with Crippen molar-refractivity contribution in [3.8, 4) is 5.75 Å². The van der Waals surface area contributed by atoms with Crippen molar-refractivity contribution in [1.29, 1.82) is 0 Å². The molecule has 2 rings (SSSR count). The fourth-order valence-corrected chi connectivity index (χ4v) is 5.93. The van der Waals surface area contributed by atoms with Crippen LogP contribution in [0.15, 0.2) is 36.4 Å².